The van der Waals surface area contributed by atoms with E-state index in [2.05, 4.69) is 5.32 Å². The van der Waals surface area contributed by atoms with Crippen molar-refractivity contribution in [3.63, 3.8) is 0 Å². The van der Waals surface area contributed by atoms with Crippen LogP contribution in [-0.4, -0.2) is 41.6 Å². The molecule has 37 heavy (non-hydrogen) atoms. The van der Waals surface area contributed by atoms with Gasteiger partial charge in [0.15, 0.2) is 0 Å². The van der Waals surface area contributed by atoms with Crippen LogP contribution in [0.5, 0.6) is 0 Å². The number of imide groups is 1. The van der Waals surface area contributed by atoms with Crippen LogP contribution in [0.1, 0.15) is 72.6 Å². The van der Waals surface area contributed by atoms with Crippen LogP contribution in [0.3, 0.4) is 0 Å². The van der Waals surface area contributed by atoms with Gasteiger partial charge in [0.05, 0.1) is 23.1 Å². The number of nitrogens with one attached hydrogen (secondary N) is 1. The fraction of sp³-hybridized carbons (Fsp3) is 0.400. The predicted molar refractivity (Wildman–Crippen MR) is 142 cm³/mol. The number of amides is 4. The number of rotatable bonds is 5. The molecular weight excluding hydrogens is 466 g/mol. The van der Waals surface area contributed by atoms with Crippen molar-refractivity contribution < 1.29 is 19.2 Å². The van der Waals surface area contributed by atoms with E-state index >= 15 is 0 Å². The van der Waals surface area contributed by atoms with Crippen molar-refractivity contribution in [3.8, 4) is 0 Å². The molecule has 0 radical (unpaired) electrons. The molecule has 1 saturated carbocycles. The fourth-order valence-corrected chi connectivity index (χ4v) is 5.87. The summed E-state index contributed by atoms with van der Waals surface area (Å²) in [5.41, 5.74) is 2.78. The first-order valence-corrected chi connectivity index (χ1v) is 13.2. The van der Waals surface area contributed by atoms with Gasteiger partial charge in [-0.1, -0.05) is 43.0 Å². The number of anilines is 2. The van der Waals surface area contributed by atoms with E-state index in [4.69, 9.17) is 0 Å². The summed E-state index contributed by atoms with van der Waals surface area (Å²) >= 11 is 0. The monoisotopic (exact) mass is 499 g/mol. The second-order valence-electron chi connectivity index (χ2n) is 10.5. The number of carbonyl (C=O) groups is 4. The van der Waals surface area contributed by atoms with E-state index in [-0.39, 0.29) is 41.2 Å². The van der Waals surface area contributed by atoms with Gasteiger partial charge in [-0.25, -0.2) is 4.90 Å². The summed E-state index contributed by atoms with van der Waals surface area (Å²) in [6.45, 7) is 1.98. The molecule has 1 heterocycles. The number of benzene rings is 2. The highest BCUT2D eigenvalue weighted by Gasteiger charge is 2.49. The molecule has 2 aliphatic carbocycles. The number of nitrogens with zero attached hydrogens (tertiary/aromatic N) is 2. The molecule has 192 valence electrons. The second kappa shape index (κ2) is 10.3. The number of hydrogen-bond acceptors (Lipinski definition) is 4. The highest BCUT2D eigenvalue weighted by Crippen LogP contribution is 2.40. The highest BCUT2D eigenvalue weighted by atomic mass is 16.2. The van der Waals surface area contributed by atoms with E-state index in [0.717, 1.165) is 31.3 Å². The van der Waals surface area contributed by atoms with E-state index < -0.39 is 5.91 Å². The molecule has 4 amide bonds. The van der Waals surface area contributed by atoms with Crippen molar-refractivity contribution in [2.24, 2.45) is 11.8 Å². The Morgan fingerprint density at radius 2 is 1.59 bits per heavy atom. The van der Waals surface area contributed by atoms with Gasteiger partial charge in [0.1, 0.15) is 0 Å². The Hall–Kier alpha value is -3.74. The van der Waals surface area contributed by atoms with Gasteiger partial charge in [-0.05, 0) is 69.0 Å². The van der Waals surface area contributed by atoms with Gasteiger partial charge in [0, 0.05) is 24.3 Å². The zero-order valence-electron chi connectivity index (χ0n) is 21.4. The van der Waals surface area contributed by atoms with E-state index in [1.807, 2.05) is 24.9 Å². The SMILES string of the molecule is CC1=CC[C@H]2C(=O)N(c3ccccc3C(=O)Nc3ccc(C(=O)N(C)C4CCCCC4)cc3)C(=O)[C@H]2C1. The average molecular weight is 500 g/mol. The maximum atomic E-state index is 13.3. The minimum atomic E-state index is -0.418. The average Bonchev–Trinajstić information content (AvgIpc) is 3.17. The molecule has 1 saturated heterocycles. The van der Waals surface area contributed by atoms with Crippen LogP contribution in [0.25, 0.3) is 0 Å². The Balaban J connectivity index is 1.30. The molecule has 0 spiro atoms. The molecule has 5 rings (SSSR count). The standard InChI is InChI=1S/C30H33N3O4/c1-19-12-17-23-25(18-19)30(37)33(29(23)36)26-11-7-6-10-24(26)27(34)31-21-15-13-20(14-16-21)28(35)32(2)22-8-4-3-5-9-22/h6-7,10-16,22-23,25H,3-5,8-9,17-18H2,1-2H3,(H,31,34)/t23-,25+/m1/s1. The predicted octanol–water partition coefficient (Wildman–Crippen LogP) is 5.19. The van der Waals surface area contributed by atoms with Gasteiger partial charge in [0.2, 0.25) is 11.8 Å². The summed E-state index contributed by atoms with van der Waals surface area (Å²) in [7, 11) is 1.86. The number of hydrogen-bond donors (Lipinski definition) is 1. The summed E-state index contributed by atoms with van der Waals surface area (Å²) in [5.74, 6) is -1.67. The fourth-order valence-electron chi connectivity index (χ4n) is 5.87. The lowest BCUT2D eigenvalue weighted by Crippen LogP contribution is -2.38. The molecule has 0 unspecified atom stereocenters. The first kappa shape index (κ1) is 24.9. The Morgan fingerprint density at radius 1 is 0.919 bits per heavy atom. The third-order valence-corrected chi connectivity index (χ3v) is 8.05. The van der Waals surface area contributed by atoms with Gasteiger partial charge in [0.25, 0.3) is 11.8 Å². The molecular formula is C30H33N3O4. The summed E-state index contributed by atoms with van der Waals surface area (Å²) in [6.07, 6.45) is 8.76. The third-order valence-electron chi connectivity index (χ3n) is 8.05. The minimum absolute atomic E-state index is 0.0210. The molecule has 7 heteroatoms. The Bertz CT molecular complexity index is 1260. The topological polar surface area (TPSA) is 86.8 Å². The molecule has 2 aromatic carbocycles. The quantitative estimate of drug-likeness (QED) is 0.453. The third kappa shape index (κ3) is 4.82. The number of fused-ring (bicyclic) bond motifs is 1. The Kier molecular flexibility index (Phi) is 6.96. The first-order valence-electron chi connectivity index (χ1n) is 13.2. The number of para-hydroxylation sites is 1. The molecule has 2 atom stereocenters. The van der Waals surface area contributed by atoms with Gasteiger partial charge in [-0.2, -0.15) is 0 Å². The number of carbonyl (C=O) groups excluding carboxylic acids is 4. The van der Waals surface area contributed by atoms with Crippen molar-refractivity contribution in [2.45, 2.75) is 57.9 Å². The Morgan fingerprint density at radius 3 is 2.32 bits per heavy atom. The molecule has 7 nitrogen and oxygen atoms in total. The van der Waals surface area contributed by atoms with Crippen LogP contribution in [-0.2, 0) is 9.59 Å². The van der Waals surface area contributed by atoms with E-state index in [0.29, 0.717) is 29.8 Å². The zero-order chi connectivity index (χ0) is 26.1. The second-order valence-corrected chi connectivity index (χ2v) is 10.5. The van der Waals surface area contributed by atoms with Crippen molar-refractivity contribution in [3.05, 3.63) is 71.3 Å². The van der Waals surface area contributed by atoms with Crippen molar-refractivity contribution in [1.82, 2.24) is 4.90 Å². The van der Waals surface area contributed by atoms with Crippen molar-refractivity contribution in [2.75, 3.05) is 17.3 Å². The van der Waals surface area contributed by atoms with Gasteiger partial charge < -0.3 is 10.2 Å². The molecule has 2 aromatic rings. The number of allylic oxidation sites excluding steroid dienone is 2. The summed E-state index contributed by atoms with van der Waals surface area (Å²) in [4.78, 5) is 55.6. The maximum absolute atomic E-state index is 13.3. The molecule has 1 aliphatic heterocycles. The van der Waals surface area contributed by atoms with Crippen molar-refractivity contribution in [1.29, 1.82) is 0 Å². The lowest BCUT2D eigenvalue weighted by atomic mass is 9.82. The maximum Gasteiger partial charge on any atom is 0.257 e. The van der Waals surface area contributed by atoms with Gasteiger partial charge in [-0.15, -0.1) is 0 Å². The zero-order valence-corrected chi connectivity index (χ0v) is 21.4. The summed E-state index contributed by atoms with van der Waals surface area (Å²) in [6, 6.07) is 13.8. The molecule has 0 aromatic heterocycles. The molecule has 0 bridgehead atoms. The Labute approximate surface area is 217 Å². The van der Waals surface area contributed by atoms with Crippen LogP contribution in [0.2, 0.25) is 0 Å². The molecule has 1 N–H and O–H groups in total. The lowest BCUT2D eigenvalue weighted by molar-refractivity contribution is -0.122. The van der Waals surface area contributed by atoms with Crippen LogP contribution in [0.4, 0.5) is 11.4 Å². The highest BCUT2D eigenvalue weighted by molar-refractivity contribution is 6.25. The van der Waals surface area contributed by atoms with Gasteiger partial charge >= 0.3 is 0 Å². The van der Waals surface area contributed by atoms with Crippen LogP contribution >= 0.6 is 0 Å². The van der Waals surface area contributed by atoms with Crippen LogP contribution in [0, 0.1) is 11.8 Å². The molecule has 3 aliphatic rings. The summed E-state index contributed by atoms with van der Waals surface area (Å²) < 4.78 is 0. The minimum Gasteiger partial charge on any atom is -0.339 e. The smallest absolute Gasteiger partial charge is 0.257 e. The normalized spacial score (nSPS) is 21.9. The first-order chi connectivity index (χ1) is 17.8. The summed E-state index contributed by atoms with van der Waals surface area (Å²) in [5, 5.41) is 2.86. The van der Waals surface area contributed by atoms with Crippen LogP contribution in [0.15, 0.2) is 60.2 Å². The largest absolute Gasteiger partial charge is 0.339 e. The van der Waals surface area contributed by atoms with E-state index in [1.54, 1.807) is 48.5 Å². The lowest BCUT2D eigenvalue weighted by Gasteiger charge is -2.31. The van der Waals surface area contributed by atoms with Crippen molar-refractivity contribution >= 4 is 35.0 Å². The van der Waals surface area contributed by atoms with Crippen LogP contribution < -0.4 is 10.2 Å². The van der Waals surface area contributed by atoms with E-state index in [9.17, 15) is 19.2 Å². The molecule has 2 fully saturated rings. The van der Waals surface area contributed by atoms with E-state index in [1.165, 1.54) is 11.3 Å². The van der Waals surface area contributed by atoms with Gasteiger partial charge in [-0.3, -0.25) is 19.2 Å².